The van der Waals surface area contributed by atoms with Gasteiger partial charge in [0.25, 0.3) is 0 Å². The fourth-order valence-corrected chi connectivity index (χ4v) is 3.35. The standard InChI is InChI=1S/C21H40O/c1-2-3-4-5-6-7-8-9-10-11-12-13-14-17-20-22-21-18-15-16-19-21/h15,21H,1-14,16-20H2. The predicted octanol–water partition coefficient (Wildman–Crippen LogP) is 7.06. The summed E-state index contributed by atoms with van der Waals surface area (Å²) in [6, 6.07) is 0. The second-order valence-electron chi connectivity index (χ2n) is 7.04. The third kappa shape index (κ3) is 12.5. The SMILES string of the molecule is [CH2]CCCCCCCCCCCCCCCOC1C[CH]CC1. The van der Waals surface area contributed by atoms with E-state index in [2.05, 4.69) is 13.3 Å². The van der Waals surface area contributed by atoms with E-state index in [1.165, 1.54) is 103 Å². The van der Waals surface area contributed by atoms with Crippen LogP contribution in [0.2, 0.25) is 0 Å². The molecule has 1 saturated carbocycles. The first-order valence-electron chi connectivity index (χ1n) is 10.2. The molecule has 0 N–H and O–H groups in total. The Bertz CT molecular complexity index is 208. The van der Waals surface area contributed by atoms with Gasteiger partial charge in [-0.3, -0.25) is 0 Å². The lowest BCUT2D eigenvalue weighted by Gasteiger charge is -2.10. The zero-order valence-corrected chi connectivity index (χ0v) is 15.0. The Morgan fingerprint density at radius 2 is 1.23 bits per heavy atom. The highest BCUT2D eigenvalue weighted by molar-refractivity contribution is 4.80. The summed E-state index contributed by atoms with van der Waals surface area (Å²) in [4.78, 5) is 0. The average Bonchev–Trinajstić information content (AvgIpc) is 3.04. The minimum absolute atomic E-state index is 0.554. The van der Waals surface area contributed by atoms with E-state index in [1.807, 2.05) is 0 Å². The van der Waals surface area contributed by atoms with Gasteiger partial charge in [0.2, 0.25) is 0 Å². The maximum atomic E-state index is 5.88. The van der Waals surface area contributed by atoms with Gasteiger partial charge in [-0.15, -0.1) is 0 Å². The van der Waals surface area contributed by atoms with E-state index in [4.69, 9.17) is 4.74 Å². The first kappa shape index (κ1) is 20.0. The van der Waals surface area contributed by atoms with Crippen LogP contribution >= 0.6 is 0 Å². The quantitative estimate of drug-likeness (QED) is 0.277. The molecule has 0 saturated heterocycles. The normalized spacial score (nSPS) is 15.7. The predicted molar refractivity (Wildman–Crippen MR) is 97.9 cm³/mol. The fourth-order valence-electron chi connectivity index (χ4n) is 3.35. The van der Waals surface area contributed by atoms with Gasteiger partial charge in [0.15, 0.2) is 0 Å². The molecule has 1 rings (SSSR count). The third-order valence-electron chi connectivity index (χ3n) is 4.87. The molecular weight excluding hydrogens is 268 g/mol. The second kappa shape index (κ2) is 15.8. The molecule has 0 aromatic carbocycles. The van der Waals surface area contributed by atoms with Crippen molar-refractivity contribution in [1.82, 2.24) is 0 Å². The summed E-state index contributed by atoms with van der Waals surface area (Å²) in [6.45, 7) is 4.89. The van der Waals surface area contributed by atoms with Gasteiger partial charge in [-0.25, -0.2) is 0 Å². The van der Waals surface area contributed by atoms with Crippen molar-refractivity contribution < 1.29 is 4.74 Å². The number of hydrogen-bond donors (Lipinski definition) is 0. The first-order chi connectivity index (χ1) is 10.9. The lowest BCUT2D eigenvalue weighted by atomic mass is 10.0. The Labute approximate surface area is 140 Å². The van der Waals surface area contributed by atoms with Crippen LogP contribution in [-0.2, 0) is 4.74 Å². The lowest BCUT2D eigenvalue weighted by molar-refractivity contribution is 0.0573. The van der Waals surface area contributed by atoms with Crippen molar-refractivity contribution in [3.05, 3.63) is 13.3 Å². The van der Waals surface area contributed by atoms with E-state index in [9.17, 15) is 0 Å². The van der Waals surface area contributed by atoms with E-state index in [1.54, 1.807) is 0 Å². The number of hydrogen-bond acceptors (Lipinski definition) is 1. The second-order valence-corrected chi connectivity index (χ2v) is 7.04. The van der Waals surface area contributed by atoms with Gasteiger partial charge in [-0.1, -0.05) is 90.4 Å². The summed E-state index contributed by atoms with van der Waals surface area (Å²) >= 11 is 0. The molecule has 130 valence electrons. The summed E-state index contributed by atoms with van der Waals surface area (Å²) in [5, 5.41) is 0. The van der Waals surface area contributed by atoms with Crippen molar-refractivity contribution in [2.24, 2.45) is 0 Å². The minimum Gasteiger partial charge on any atom is -0.378 e. The van der Waals surface area contributed by atoms with E-state index >= 15 is 0 Å². The van der Waals surface area contributed by atoms with Gasteiger partial charge >= 0.3 is 0 Å². The lowest BCUT2D eigenvalue weighted by Crippen LogP contribution is -2.08. The van der Waals surface area contributed by atoms with Crippen LogP contribution in [0.5, 0.6) is 0 Å². The molecule has 0 heterocycles. The Balaban J connectivity index is 1.64. The van der Waals surface area contributed by atoms with Crippen molar-refractivity contribution in [3.63, 3.8) is 0 Å². The molecular formula is C21H40O. The Hall–Kier alpha value is -0.0400. The summed E-state index contributed by atoms with van der Waals surface area (Å²) in [5.74, 6) is 0. The van der Waals surface area contributed by atoms with Gasteiger partial charge < -0.3 is 4.74 Å². The van der Waals surface area contributed by atoms with Gasteiger partial charge in [0.1, 0.15) is 0 Å². The molecule has 1 heteroatoms. The van der Waals surface area contributed by atoms with E-state index in [0.29, 0.717) is 6.10 Å². The van der Waals surface area contributed by atoms with Gasteiger partial charge in [-0.2, -0.15) is 0 Å². The Morgan fingerprint density at radius 1 is 0.727 bits per heavy atom. The summed E-state index contributed by atoms with van der Waals surface area (Å²) in [5.41, 5.74) is 0. The molecule has 0 aliphatic heterocycles. The minimum atomic E-state index is 0.554. The number of ether oxygens (including phenoxy) is 1. The molecule has 0 bridgehead atoms. The smallest absolute Gasteiger partial charge is 0.0578 e. The van der Waals surface area contributed by atoms with Crippen molar-refractivity contribution in [2.75, 3.05) is 6.61 Å². The van der Waals surface area contributed by atoms with E-state index in [0.717, 1.165) is 13.0 Å². The molecule has 22 heavy (non-hydrogen) atoms. The fraction of sp³-hybridized carbons (Fsp3) is 0.905. The van der Waals surface area contributed by atoms with Crippen molar-refractivity contribution in [3.8, 4) is 0 Å². The highest BCUT2D eigenvalue weighted by Gasteiger charge is 2.14. The van der Waals surface area contributed by atoms with Crippen molar-refractivity contribution in [2.45, 2.75) is 115 Å². The molecule has 1 aliphatic rings. The molecule has 1 unspecified atom stereocenters. The Morgan fingerprint density at radius 3 is 1.68 bits per heavy atom. The Kier molecular flexibility index (Phi) is 14.4. The third-order valence-corrected chi connectivity index (χ3v) is 4.87. The zero-order valence-electron chi connectivity index (χ0n) is 15.0. The molecule has 2 radical (unpaired) electrons. The van der Waals surface area contributed by atoms with E-state index in [-0.39, 0.29) is 0 Å². The van der Waals surface area contributed by atoms with Crippen molar-refractivity contribution >= 4 is 0 Å². The van der Waals surface area contributed by atoms with Crippen LogP contribution in [0.15, 0.2) is 0 Å². The van der Waals surface area contributed by atoms with Crippen LogP contribution in [0.25, 0.3) is 0 Å². The van der Waals surface area contributed by atoms with Gasteiger partial charge in [-0.05, 0) is 32.1 Å². The largest absolute Gasteiger partial charge is 0.378 e. The topological polar surface area (TPSA) is 9.23 Å². The molecule has 0 spiro atoms. The van der Waals surface area contributed by atoms with Gasteiger partial charge in [0.05, 0.1) is 6.10 Å². The maximum Gasteiger partial charge on any atom is 0.0578 e. The highest BCUT2D eigenvalue weighted by atomic mass is 16.5. The summed E-state index contributed by atoms with van der Waals surface area (Å²) in [6.07, 6.45) is 26.1. The van der Waals surface area contributed by atoms with Crippen LogP contribution in [-0.4, -0.2) is 12.7 Å². The average molecular weight is 309 g/mol. The molecule has 0 aromatic rings. The van der Waals surface area contributed by atoms with Crippen LogP contribution < -0.4 is 0 Å². The van der Waals surface area contributed by atoms with E-state index < -0.39 is 0 Å². The highest BCUT2D eigenvalue weighted by Crippen LogP contribution is 2.20. The molecule has 1 nitrogen and oxygen atoms in total. The van der Waals surface area contributed by atoms with Gasteiger partial charge in [0, 0.05) is 6.61 Å². The zero-order chi connectivity index (χ0) is 15.7. The van der Waals surface area contributed by atoms with Crippen LogP contribution in [0.4, 0.5) is 0 Å². The van der Waals surface area contributed by atoms with Crippen LogP contribution in [0.3, 0.4) is 0 Å². The van der Waals surface area contributed by atoms with Crippen molar-refractivity contribution in [1.29, 1.82) is 0 Å². The molecule has 0 amide bonds. The number of rotatable bonds is 16. The van der Waals surface area contributed by atoms with Crippen LogP contribution in [0, 0.1) is 13.3 Å². The molecule has 1 aliphatic carbocycles. The van der Waals surface area contributed by atoms with Crippen LogP contribution in [0.1, 0.15) is 109 Å². The maximum absolute atomic E-state index is 5.88. The number of unbranched alkanes of at least 4 members (excludes halogenated alkanes) is 13. The molecule has 1 atom stereocenters. The summed E-state index contributed by atoms with van der Waals surface area (Å²) < 4.78 is 5.88. The summed E-state index contributed by atoms with van der Waals surface area (Å²) in [7, 11) is 0. The first-order valence-corrected chi connectivity index (χ1v) is 10.2. The monoisotopic (exact) mass is 308 g/mol. The molecule has 1 fully saturated rings. The molecule has 0 aromatic heterocycles.